The zero-order valence-corrected chi connectivity index (χ0v) is 12.8. The lowest BCUT2D eigenvalue weighted by Crippen LogP contribution is -2.49. The summed E-state index contributed by atoms with van der Waals surface area (Å²) in [5.41, 5.74) is 0.756. The van der Waals surface area contributed by atoms with Crippen molar-refractivity contribution in [3.05, 3.63) is 28.8 Å². The highest BCUT2D eigenvalue weighted by Crippen LogP contribution is 2.40. The van der Waals surface area contributed by atoms with Gasteiger partial charge in [0.1, 0.15) is 5.75 Å². The van der Waals surface area contributed by atoms with Gasteiger partial charge in [-0.05, 0) is 17.7 Å². The van der Waals surface area contributed by atoms with Crippen molar-refractivity contribution in [2.75, 3.05) is 32.8 Å². The standard InChI is InChI=1S/C15H23ClN2O2/c1-15(2,10-19)14(18-7-5-17-6-8-18)11-3-4-13(20)12(16)9-11/h3-4,9,14,17,19-20H,5-8,10H2,1-2H3/t14-/m0/s1. The predicted octanol–water partition coefficient (Wildman–Crippen LogP) is 2.01. The van der Waals surface area contributed by atoms with Crippen LogP contribution in [0.1, 0.15) is 25.5 Å². The van der Waals surface area contributed by atoms with Crippen LogP contribution >= 0.6 is 11.6 Å². The number of phenolic OH excluding ortho intramolecular Hbond substituents is 1. The van der Waals surface area contributed by atoms with E-state index in [2.05, 4.69) is 24.1 Å². The molecular formula is C15H23ClN2O2. The van der Waals surface area contributed by atoms with Gasteiger partial charge >= 0.3 is 0 Å². The lowest BCUT2D eigenvalue weighted by atomic mass is 9.79. The van der Waals surface area contributed by atoms with Crippen LogP contribution in [0.4, 0.5) is 0 Å². The van der Waals surface area contributed by atoms with Gasteiger partial charge in [-0.2, -0.15) is 0 Å². The topological polar surface area (TPSA) is 55.7 Å². The second-order valence-electron chi connectivity index (χ2n) is 6.05. The van der Waals surface area contributed by atoms with Crippen LogP contribution < -0.4 is 5.32 Å². The van der Waals surface area contributed by atoms with Gasteiger partial charge in [0, 0.05) is 44.2 Å². The van der Waals surface area contributed by atoms with Gasteiger partial charge in [-0.15, -0.1) is 0 Å². The van der Waals surface area contributed by atoms with Crippen LogP contribution in [-0.2, 0) is 0 Å². The monoisotopic (exact) mass is 298 g/mol. The highest BCUT2D eigenvalue weighted by molar-refractivity contribution is 6.32. The summed E-state index contributed by atoms with van der Waals surface area (Å²) in [6, 6.07) is 5.40. The minimum atomic E-state index is -0.280. The molecule has 0 unspecified atom stereocenters. The number of piperazine rings is 1. The molecule has 0 spiro atoms. The Morgan fingerprint density at radius 1 is 1.35 bits per heavy atom. The summed E-state index contributed by atoms with van der Waals surface area (Å²) in [6.07, 6.45) is 0. The molecule has 20 heavy (non-hydrogen) atoms. The number of phenols is 1. The number of benzene rings is 1. The summed E-state index contributed by atoms with van der Waals surface area (Å²) >= 11 is 6.05. The van der Waals surface area contributed by atoms with Gasteiger partial charge in [0.25, 0.3) is 0 Å². The van der Waals surface area contributed by atoms with E-state index < -0.39 is 0 Å². The Kier molecular flexibility index (Phi) is 4.91. The second kappa shape index (κ2) is 6.31. The lowest BCUT2D eigenvalue weighted by Gasteiger charge is -2.43. The number of aliphatic hydroxyl groups excluding tert-OH is 1. The third kappa shape index (κ3) is 3.26. The average molecular weight is 299 g/mol. The molecule has 0 aliphatic carbocycles. The fourth-order valence-electron chi connectivity index (χ4n) is 2.88. The number of aliphatic hydroxyl groups is 1. The van der Waals surface area contributed by atoms with Crippen LogP contribution in [0.25, 0.3) is 0 Å². The van der Waals surface area contributed by atoms with E-state index in [1.54, 1.807) is 12.1 Å². The van der Waals surface area contributed by atoms with E-state index in [0.717, 1.165) is 31.7 Å². The van der Waals surface area contributed by atoms with Crippen LogP contribution in [0, 0.1) is 5.41 Å². The molecule has 3 N–H and O–H groups in total. The highest BCUT2D eigenvalue weighted by atomic mass is 35.5. The van der Waals surface area contributed by atoms with E-state index in [1.807, 2.05) is 6.07 Å². The van der Waals surface area contributed by atoms with E-state index in [4.69, 9.17) is 11.6 Å². The molecule has 0 radical (unpaired) electrons. The third-order valence-corrected chi connectivity index (χ3v) is 4.25. The number of rotatable bonds is 4. The van der Waals surface area contributed by atoms with Gasteiger partial charge in [0.2, 0.25) is 0 Å². The van der Waals surface area contributed by atoms with Gasteiger partial charge in [0.05, 0.1) is 5.02 Å². The van der Waals surface area contributed by atoms with Crippen LogP contribution in [0.2, 0.25) is 5.02 Å². The van der Waals surface area contributed by atoms with E-state index in [0.29, 0.717) is 5.02 Å². The molecule has 0 bridgehead atoms. The molecule has 1 saturated heterocycles. The molecule has 0 saturated carbocycles. The molecule has 0 aromatic heterocycles. The summed E-state index contributed by atoms with van der Waals surface area (Å²) in [7, 11) is 0. The van der Waals surface area contributed by atoms with Crippen molar-refractivity contribution in [2.45, 2.75) is 19.9 Å². The number of hydrogen-bond acceptors (Lipinski definition) is 4. The van der Waals surface area contributed by atoms with Crippen LogP contribution in [0.5, 0.6) is 5.75 Å². The molecule has 0 amide bonds. The zero-order chi connectivity index (χ0) is 14.8. The maximum absolute atomic E-state index is 9.76. The maximum atomic E-state index is 9.76. The summed E-state index contributed by atoms with van der Waals surface area (Å²) in [6.45, 7) is 7.98. The normalized spacial score (nSPS) is 19.0. The van der Waals surface area contributed by atoms with Crippen LogP contribution in [0.15, 0.2) is 18.2 Å². The summed E-state index contributed by atoms with van der Waals surface area (Å²) < 4.78 is 0. The molecule has 1 aromatic carbocycles. The molecule has 1 atom stereocenters. The van der Waals surface area contributed by atoms with Gasteiger partial charge < -0.3 is 15.5 Å². The second-order valence-corrected chi connectivity index (χ2v) is 6.45. The van der Waals surface area contributed by atoms with Gasteiger partial charge in [-0.25, -0.2) is 0 Å². The third-order valence-electron chi connectivity index (χ3n) is 3.95. The minimum absolute atomic E-state index is 0.0766. The van der Waals surface area contributed by atoms with E-state index in [-0.39, 0.29) is 23.8 Å². The summed E-state index contributed by atoms with van der Waals surface area (Å²) in [5, 5.41) is 23.0. The first kappa shape index (κ1) is 15.6. The molecule has 4 nitrogen and oxygen atoms in total. The molecular weight excluding hydrogens is 276 g/mol. The summed E-state index contributed by atoms with van der Waals surface area (Å²) in [4.78, 5) is 2.37. The Hall–Kier alpha value is -0.810. The van der Waals surface area contributed by atoms with Gasteiger partial charge in [-0.3, -0.25) is 4.90 Å². The smallest absolute Gasteiger partial charge is 0.134 e. The molecule has 1 aliphatic heterocycles. The van der Waals surface area contributed by atoms with Crippen molar-refractivity contribution >= 4 is 11.6 Å². The lowest BCUT2D eigenvalue weighted by molar-refractivity contribution is 0.0305. The first-order valence-corrected chi connectivity index (χ1v) is 7.37. The Balaban J connectivity index is 2.36. The van der Waals surface area contributed by atoms with Gasteiger partial charge in [-0.1, -0.05) is 31.5 Å². The Labute approximate surface area is 125 Å². The first-order valence-electron chi connectivity index (χ1n) is 7.00. The SMILES string of the molecule is CC(C)(CO)[C@H](c1ccc(O)c(Cl)c1)N1CCNCC1. The largest absolute Gasteiger partial charge is 0.506 e. The quantitative estimate of drug-likeness (QED) is 0.796. The fraction of sp³-hybridized carbons (Fsp3) is 0.600. The first-order chi connectivity index (χ1) is 9.45. The maximum Gasteiger partial charge on any atom is 0.134 e. The molecule has 2 rings (SSSR count). The molecule has 1 aliphatic rings. The van der Waals surface area contributed by atoms with Crippen molar-refractivity contribution in [3.8, 4) is 5.75 Å². The molecule has 5 heteroatoms. The number of nitrogens with one attached hydrogen (secondary N) is 1. The number of aromatic hydroxyl groups is 1. The zero-order valence-electron chi connectivity index (χ0n) is 12.1. The molecule has 1 heterocycles. The van der Waals surface area contributed by atoms with Crippen LogP contribution in [0.3, 0.4) is 0 Å². The minimum Gasteiger partial charge on any atom is -0.506 e. The summed E-state index contributed by atoms with van der Waals surface area (Å²) in [5.74, 6) is 0.0938. The van der Waals surface area contributed by atoms with E-state index in [9.17, 15) is 10.2 Å². The highest BCUT2D eigenvalue weighted by Gasteiger charge is 2.35. The Bertz CT molecular complexity index is 459. The van der Waals surface area contributed by atoms with Crippen LogP contribution in [-0.4, -0.2) is 47.9 Å². The van der Waals surface area contributed by atoms with E-state index in [1.165, 1.54) is 0 Å². The molecule has 112 valence electrons. The average Bonchev–Trinajstić information content (AvgIpc) is 2.44. The number of nitrogens with zero attached hydrogens (tertiary/aromatic N) is 1. The van der Waals surface area contributed by atoms with E-state index >= 15 is 0 Å². The number of hydrogen-bond donors (Lipinski definition) is 3. The molecule has 1 aromatic rings. The predicted molar refractivity (Wildman–Crippen MR) is 81.2 cm³/mol. The van der Waals surface area contributed by atoms with Crippen molar-refractivity contribution in [2.24, 2.45) is 5.41 Å². The Morgan fingerprint density at radius 3 is 2.55 bits per heavy atom. The number of halogens is 1. The van der Waals surface area contributed by atoms with Crippen molar-refractivity contribution < 1.29 is 10.2 Å². The van der Waals surface area contributed by atoms with Crippen molar-refractivity contribution in [1.29, 1.82) is 0 Å². The Morgan fingerprint density at radius 2 is 2.00 bits per heavy atom. The van der Waals surface area contributed by atoms with Gasteiger partial charge in [0.15, 0.2) is 0 Å². The van der Waals surface area contributed by atoms with Crippen molar-refractivity contribution in [3.63, 3.8) is 0 Å². The van der Waals surface area contributed by atoms with Crippen molar-refractivity contribution in [1.82, 2.24) is 10.2 Å². The fourth-order valence-corrected chi connectivity index (χ4v) is 3.07. The molecule has 1 fully saturated rings.